The van der Waals surface area contributed by atoms with Gasteiger partial charge in [0.1, 0.15) is 5.75 Å². The first-order valence-electron chi connectivity index (χ1n) is 5.52. The number of benzene rings is 1. The van der Waals surface area contributed by atoms with Gasteiger partial charge in [-0.3, -0.25) is 0 Å². The molecule has 0 aliphatic carbocycles. The van der Waals surface area contributed by atoms with E-state index in [2.05, 4.69) is 49.6 Å². The van der Waals surface area contributed by atoms with Gasteiger partial charge in [0.2, 0.25) is 0 Å². The highest BCUT2D eigenvalue weighted by molar-refractivity contribution is 7.10. The zero-order chi connectivity index (χ0) is 11.4. The minimum atomic E-state index is 0.249. The fourth-order valence-electron chi connectivity index (χ4n) is 1.58. The van der Waals surface area contributed by atoms with E-state index in [1.165, 1.54) is 10.4 Å². The molecule has 0 radical (unpaired) electrons. The van der Waals surface area contributed by atoms with E-state index in [0.29, 0.717) is 0 Å². The Kier molecular flexibility index (Phi) is 3.62. The Bertz CT molecular complexity index is 431. The van der Waals surface area contributed by atoms with E-state index in [1.807, 2.05) is 6.07 Å². The molecule has 2 heteroatoms. The summed E-state index contributed by atoms with van der Waals surface area (Å²) in [4.78, 5) is 1.35. The summed E-state index contributed by atoms with van der Waals surface area (Å²) in [6, 6.07) is 12.7. The van der Waals surface area contributed by atoms with E-state index in [0.717, 1.165) is 12.2 Å². The molecular formula is C14H16OS. The Morgan fingerprint density at radius 1 is 1.19 bits per heavy atom. The largest absolute Gasteiger partial charge is 0.490 e. The second-order valence-electron chi connectivity index (χ2n) is 4.08. The third kappa shape index (κ3) is 3.11. The molecule has 1 nitrogen and oxygen atoms in total. The molecule has 1 aromatic carbocycles. The lowest BCUT2D eigenvalue weighted by molar-refractivity contribution is 0.243. The molecular weight excluding hydrogens is 216 g/mol. The summed E-state index contributed by atoms with van der Waals surface area (Å²) >= 11 is 1.76. The summed E-state index contributed by atoms with van der Waals surface area (Å²) in [5.41, 5.74) is 1.35. The maximum absolute atomic E-state index is 5.64. The highest BCUT2D eigenvalue weighted by Crippen LogP contribution is 2.24. The summed E-state index contributed by atoms with van der Waals surface area (Å²) in [5.74, 6) is 0.992. The Hall–Kier alpha value is -1.28. The van der Waals surface area contributed by atoms with Gasteiger partial charge in [0.05, 0.1) is 6.10 Å². The van der Waals surface area contributed by atoms with Gasteiger partial charge in [-0.2, -0.15) is 0 Å². The zero-order valence-corrected chi connectivity index (χ0v) is 10.5. The molecule has 0 fully saturated rings. The summed E-state index contributed by atoms with van der Waals surface area (Å²) in [5, 5.41) is 2.08. The molecule has 0 spiro atoms. The Morgan fingerprint density at radius 2 is 1.94 bits per heavy atom. The maximum atomic E-state index is 5.64. The lowest BCUT2D eigenvalue weighted by Gasteiger charge is -2.05. The SMILES string of the molecule is CC(C)Oc1csc(Cc2ccccc2)c1. The normalized spacial score (nSPS) is 10.7. The second-order valence-corrected chi connectivity index (χ2v) is 5.07. The summed E-state index contributed by atoms with van der Waals surface area (Å²) in [6.45, 7) is 4.10. The van der Waals surface area contributed by atoms with E-state index in [-0.39, 0.29) is 6.10 Å². The molecule has 0 bridgehead atoms. The van der Waals surface area contributed by atoms with Crippen molar-refractivity contribution in [2.75, 3.05) is 0 Å². The van der Waals surface area contributed by atoms with Crippen molar-refractivity contribution in [1.82, 2.24) is 0 Å². The van der Waals surface area contributed by atoms with Gasteiger partial charge in [-0.15, -0.1) is 11.3 Å². The third-order valence-electron chi connectivity index (χ3n) is 2.22. The zero-order valence-electron chi connectivity index (χ0n) is 9.64. The smallest absolute Gasteiger partial charge is 0.130 e. The van der Waals surface area contributed by atoms with Crippen LogP contribution in [0.15, 0.2) is 41.8 Å². The van der Waals surface area contributed by atoms with E-state index >= 15 is 0 Å². The fraction of sp³-hybridized carbons (Fsp3) is 0.286. The molecule has 1 heterocycles. The van der Waals surface area contributed by atoms with Gasteiger partial charge in [-0.25, -0.2) is 0 Å². The Balaban J connectivity index is 2.03. The van der Waals surface area contributed by atoms with Crippen LogP contribution in [0.2, 0.25) is 0 Å². The van der Waals surface area contributed by atoms with Gasteiger partial charge in [0.25, 0.3) is 0 Å². The molecule has 2 aromatic rings. The van der Waals surface area contributed by atoms with Crippen molar-refractivity contribution in [3.05, 3.63) is 52.2 Å². The van der Waals surface area contributed by atoms with Crippen molar-refractivity contribution >= 4 is 11.3 Å². The van der Waals surface area contributed by atoms with Crippen molar-refractivity contribution in [2.45, 2.75) is 26.4 Å². The van der Waals surface area contributed by atoms with Gasteiger partial charge in [0, 0.05) is 16.7 Å². The van der Waals surface area contributed by atoms with Crippen LogP contribution in [-0.4, -0.2) is 6.10 Å². The number of hydrogen-bond acceptors (Lipinski definition) is 2. The van der Waals surface area contributed by atoms with Crippen LogP contribution in [0.25, 0.3) is 0 Å². The molecule has 0 aliphatic rings. The first kappa shape index (κ1) is 11.2. The summed E-state index contributed by atoms with van der Waals surface area (Å²) in [6.07, 6.45) is 1.24. The van der Waals surface area contributed by atoms with E-state index in [1.54, 1.807) is 11.3 Å². The Morgan fingerprint density at radius 3 is 2.62 bits per heavy atom. The van der Waals surface area contributed by atoms with Gasteiger partial charge in [-0.1, -0.05) is 30.3 Å². The predicted molar refractivity (Wildman–Crippen MR) is 69.3 cm³/mol. The van der Waals surface area contributed by atoms with Crippen LogP contribution in [0.5, 0.6) is 5.75 Å². The average molecular weight is 232 g/mol. The van der Waals surface area contributed by atoms with Crippen molar-refractivity contribution in [2.24, 2.45) is 0 Å². The molecule has 2 rings (SSSR count). The average Bonchev–Trinajstić information content (AvgIpc) is 2.66. The molecule has 0 saturated carbocycles. The maximum Gasteiger partial charge on any atom is 0.130 e. The van der Waals surface area contributed by atoms with E-state index < -0.39 is 0 Å². The number of rotatable bonds is 4. The van der Waals surface area contributed by atoms with Crippen molar-refractivity contribution in [3.8, 4) is 5.75 Å². The molecule has 0 amide bonds. The molecule has 84 valence electrons. The van der Waals surface area contributed by atoms with E-state index in [9.17, 15) is 0 Å². The van der Waals surface area contributed by atoms with Gasteiger partial charge in [-0.05, 0) is 25.5 Å². The minimum absolute atomic E-state index is 0.249. The van der Waals surface area contributed by atoms with Gasteiger partial charge in [0.15, 0.2) is 0 Å². The highest BCUT2D eigenvalue weighted by atomic mass is 32.1. The van der Waals surface area contributed by atoms with E-state index in [4.69, 9.17) is 4.74 Å². The second kappa shape index (κ2) is 5.17. The van der Waals surface area contributed by atoms with Crippen LogP contribution in [0.3, 0.4) is 0 Å². The van der Waals surface area contributed by atoms with Gasteiger partial charge < -0.3 is 4.74 Å². The van der Waals surface area contributed by atoms with Crippen LogP contribution in [0, 0.1) is 0 Å². The molecule has 1 aromatic heterocycles. The van der Waals surface area contributed by atoms with Gasteiger partial charge >= 0.3 is 0 Å². The molecule has 0 atom stereocenters. The number of ether oxygens (including phenoxy) is 1. The topological polar surface area (TPSA) is 9.23 Å². The first-order chi connectivity index (χ1) is 7.74. The predicted octanol–water partition coefficient (Wildman–Crippen LogP) is 4.13. The third-order valence-corrected chi connectivity index (χ3v) is 3.14. The fourth-order valence-corrected chi connectivity index (χ4v) is 2.41. The minimum Gasteiger partial charge on any atom is -0.490 e. The quantitative estimate of drug-likeness (QED) is 0.770. The van der Waals surface area contributed by atoms with Crippen molar-refractivity contribution < 1.29 is 4.74 Å². The standard InChI is InChI=1S/C14H16OS/c1-11(2)15-13-9-14(16-10-13)8-12-6-4-3-5-7-12/h3-7,9-11H,8H2,1-2H3. The van der Waals surface area contributed by atoms with Crippen molar-refractivity contribution in [3.63, 3.8) is 0 Å². The lowest BCUT2D eigenvalue weighted by atomic mass is 10.1. The summed E-state index contributed by atoms with van der Waals surface area (Å²) in [7, 11) is 0. The van der Waals surface area contributed by atoms with Crippen LogP contribution >= 0.6 is 11.3 Å². The monoisotopic (exact) mass is 232 g/mol. The van der Waals surface area contributed by atoms with Crippen LogP contribution in [0.4, 0.5) is 0 Å². The molecule has 0 N–H and O–H groups in total. The number of hydrogen-bond donors (Lipinski definition) is 0. The molecule has 0 aliphatic heterocycles. The van der Waals surface area contributed by atoms with Crippen LogP contribution < -0.4 is 4.74 Å². The van der Waals surface area contributed by atoms with Crippen LogP contribution in [-0.2, 0) is 6.42 Å². The number of thiophene rings is 1. The molecule has 16 heavy (non-hydrogen) atoms. The van der Waals surface area contributed by atoms with Crippen molar-refractivity contribution in [1.29, 1.82) is 0 Å². The summed E-state index contributed by atoms with van der Waals surface area (Å²) < 4.78 is 5.64. The first-order valence-corrected chi connectivity index (χ1v) is 6.40. The Labute approximate surface area is 101 Å². The lowest BCUT2D eigenvalue weighted by Crippen LogP contribution is -2.04. The molecule has 0 unspecified atom stereocenters. The van der Waals surface area contributed by atoms with Crippen LogP contribution in [0.1, 0.15) is 24.3 Å². The highest BCUT2D eigenvalue weighted by Gasteiger charge is 2.03. The molecule has 0 saturated heterocycles.